The van der Waals surface area contributed by atoms with Crippen LogP contribution in [0, 0.1) is 0 Å². The van der Waals surface area contributed by atoms with E-state index in [1.54, 1.807) is 12.1 Å². The summed E-state index contributed by atoms with van der Waals surface area (Å²) in [6, 6.07) is 17.0. The fourth-order valence-electron chi connectivity index (χ4n) is 2.91. The van der Waals surface area contributed by atoms with Crippen molar-refractivity contribution >= 4 is 51.5 Å². The lowest BCUT2D eigenvalue weighted by molar-refractivity contribution is 0.0953. The van der Waals surface area contributed by atoms with Gasteiger partial charge in [0.05, 0.1) is 29.0 Å². The van der Waals surface area contributed by atoms with E-state index in [-0.39, 0.29) is 5.91 Å². The van der Waals surface area contributed by atoms with Crippen LogP contribution >= 0.6 is 34.5 Å². The molecular weight excluding hydrogens is 401 g/mol. The van der Waals surface area contributed by atoms with Gasteiger partial charge in [0.1, 0.15) is 5.82 Å². The number of para-hydroxylation sites is 2. The third kappa shape index (κ3) is 3.86. The topological polar surface area (TPSA) is 46.9 Å². The second-order valence-electron chi connectivity index (χ2n) is 6.00. The summed E-state index contributed by atoms with van der Waals surface area (Å²) in [4.78, 5) is 17.7. The summed E-state index contributed by atoms with van der Waals surface area (Å²) in [5.74, 6) is 0.667. The number of nitrogens with zero attached hydrogens (tertiary/aromatic N) is 2. The molecule has 0 bridgehead atoms. The first-order chi connectivity index (χ1) is 13.1. The van der Waals surface area contributed by atoms with Crippen LogP contribution in [-0.2, 0) is 13.1 Å². The van der Waals surface area contributed by atoms with Gasteiger partial charge in [-0.05, 0) is 41.3 Å². The first-order valence-corrected chi connectivity index (χ1v) is 9.95. The van der Waals surface area contributed by atoms with Gasteiger partial charge in [-0.15, -0.1) is 11.3 Å². The van der Waals surface area contributed by atoms with Crippen molar-refractivity contribution in [3.63, 3.8) is 0 Å². The fourth-order valence-corrected chi connectivity index (χ4v) is 4.02. The smallest absolute Gasteiger partial charge is 0.261 e. The lowest BCUT2D eigenvalue weighted by Crippen LogP contribution is -2.24. The molecule has 0 aliphatic heterocycles. The maximum atomic E-state index is 12.3. The first-order valence-electron chi connectivity index (χ1n) is 8.31. The van der Waals surface area contributed by atoms with Gasteiger partial charge in [0.15, 0.2) is 0 Å². The minimum absolute atomic E-state index is 0.104. The van der Waals surface area contributed by atoms with Crippen LogP contribution in [0.15, 0.2) is 60.0 Å². The normalized spacial score (nSPS) is 11.0. The summed E-state index contributed by atoms with van der Waals surface area (Å²) < 4.78 is 2.07. The second kappa shape index (κ2) is 7.72. The number of fused-ring (bicyclic) bond motifs is 1. The van der Waals surface area contributed by atoms with Crippen LogP contribution in [-0.4, -0.2) is 15.5 Å². The SMILES string of the molecule is O=C(NCc1nc2ccccc2n1Cc1ccc(Cl)cc1Cl)c1cccs1. The zero-order chi connectivity index (χ0) is 18.8. The fraction of sp³-hybridized carbons (Fsp3) is 0.100. The van der Waals surface area contributed by atoms with Crippen molar-refractivity contribution in [1.29, 1.82) is 0 Å². The molecule has 27 heavy (non-hydrogen) atoms. The van der Waals surface area contributed by atoms with Gasteiger partial charge in [-0.2, -0.15) is 0 Å². The van der Waals surface area contributed by atoms with Crippen LogP contribution in [0.5, 0.6) is 0 Å². The van der Waals surface area contributed by atoms with E-state index in [9.17, 15) is 4.79 Å². The van der Waals surface area contributed by atoms with Crippen molar-refractivity contribution in [2.24, 2.45) is 0 Å². The molecule has 4 nitrogen and oxygen atoms in total. The quantitative estimate of drug-likeness (QED) is 0.475. The van der Waals surface area contributed by atoms with E-state index in [2.05, 4.69) is 9.88 Å². The summed E-state index contributed by atoms with van der Waals surface area (Å²) in [6.45, 7) is 0.872. The summed E-state index contributed by atoms with van der Waals surface area (Å²) in [6.07, 6.45) is 0. The number of rotatable bonds is 5. The number of hydrogen-bond acceptors (Lipinski definition) is 3. The third-order valence-electron chi connectivity index (χ3n) is 4.23. The van der Waals surface area contributed by atoms with Crippen LogP contribution in [0.3, 0.4) is 0 Å². The van der Waals surface area contributed by atoms with Crippen molar-refractivity contribution in [2.45, 2.75) is 13.1 Å². The van der Waals surface area contributed by atoms with E-state index in [1.165, 1.54) is 11.3 Å². The van der Waals surface area contributed by atoms with Crippen molar-refractivity contribution in [3.8, 4) is 0 Å². The Balaban J connectivity index is 1.65. The molecule has 136 valence electrons. The third-order valence-corrected chi connectivity index (χ3v) is 5.68. The number of nitrogens with one attached hydrogen (secondary N) is 1. The zero-order valence-electron chi connectivity index (χ0n) is 14.2. The minimum atomic E-state index is -0.104. The van der Waals surface area contributed by atoms with Crippen LogP contribution in [0.1, 0.15) is 21.1 Å². The molecule has 0 atom stereocenters. The van der Waals surface area contributed by atoms with E-state index >= 15 is 0 Å². The first kappa shape index (κ1) is 18.0. The predicted molar refractivity (Wildman–Crippen MR) is 111 cm³/mol. The summed E-state index contributed by atoms with van der Waals surface area (Å²) in [5, 5.41) is 6.03. The van der Waals surface area contributed by atoms with E-state index < -0.39 is 0 Å². The molecule has 0 aliphatic carbocycles. The Morgan fingerprint density at radius 1 is 1.11 bits per heavy atom. The molecule has 0 unspecified atom stereocenters. The van der Waals surface area contributed by atoms with Crippen molar-refractivity contribution in [1.82, 2.24) is 14.9 Å². The molecule has 1 amide bonds. The maximum Gasteiger partial charge on any atom is 0.261 e. The molecule has 0 fully saturated rings. The Morgan fingerprint density at radius 3 is 2.74 bits per heavy atom. The van der Waals surface area contributed by atoms with Crippen LogP contribution in [0.25, 0.3) is 11.0 Å². The minimum Gasteiger partial charge on any atom is -0.344 e. The van der Waals surface area contributed by atoms with Crippen LogP contribution in [0.4, 0.5) is 0 Å². The Morgan fingerprint density at radius 2 is 1.96 bits per heavy atom. The van der Waals surface area contributed by atoms with Gasteiger partial charge in [-0.25, -0.2) is 4.98 Å². The summed E-state index contributed by atoms with van der Waals surface area (Å²) >= 11 is 13.8. The van der Waals surface area contributed by atoms with Gasteiger partial charge in [0, 0.05) is 10.0 Å². The molecule has 7 heteroatoms. The molecule has 0 radical (unpaired) electrons. The van der Waals surface area contributed by atoms with Crippen molar-refractivity contribution < 1.29 is 4.79 Å². The average Bonchev–Trinajstić information content (AvgIpc) is 3.30. The molecule has 1 N–H and O–H groups in total. The number of amides is 1. The highest BCUT2D eigenvalue weighted by Crippen LogP contribution is 2.24. The summed E-state index contributed by atoms with van der Waals surface area (Å²) in [7, 11) is 0. The lowest BCUT2D eigenvalue weighted by Gasteiger charge is -2.11. The van der Waals surface area contributed by atoms with E-state index in [1.807, 2.05) is 47.8 Å². The van der Waals surface area contributed by atoms with E-state index in [0.29, 0.717) is 28.0 Å². The Kier molecular flexibility index (Phi) is 5.16. The van der Waals surface area contributed by atoms with Crippen LogP contribution in [0.2, 0.25) is 10.0 Å². The van der Waals surface area contributed by atoms with Gasteiger partial charge >= 0.3 is 0 Å². The molecule has 4 rings (SSSR count). The van der Waals surface area contributed by atoms with Gasteiger partial charge in [0.2, 0.25) is 0 Å². The largest absolute Gasteiger partial charge is 0.344 e. The predicted octanol–water partition coefficient (Wildman–Crippen LogP) is 5.38. The number of carbonyl (C=O) groups excluding carboxylic acids is 1. The molecule has 2 aromatic heterocycles. The second-order valence-corrected chi connectivity index (χ2v) is 7.79. The number of carbonyl (C=O) groups is 1. The van der Waals surface area contributed by atoms with E-state index in [4.69, 9.17) is 28.2 Å². The van der Waals surface area contributed by atoms with E-state index in [0.717, 1.165) is 22.4 Å². The number of hydrogen-bond donors (Lipinski definition) is 1. The highest BCUT2D eigenvalue weighted by Gasteiger charge is 2.14. The zero-order valence-corrected chi connectivity index (χ0v) is 16.5. The van der Waals surface area contributed by atoms with Gasteiger partial charge < -0.3 is 9.88 Å². The molecule has 0 aliphatic rings. The van der Waals surface area contributed by atoms with Crippen molar-refractivity contribution in [3.05, 3.63) is 86.3 Å². The Bertz CT molecular complexity index is 1110. The number of imidazole rings is 1. The average molecular weight is 416 g/mol. The van der Waals surface area contributed by atoms with Crippen LogP contribution < -0.4 is 5.32 Å². The molecular formula is C20H15Cl2N3OS. The highest BCUT2D eigenvalue weighted by atomic mass is 35.5. The standard InChI is InChI=1S/C20H15Cl2N3OS/c21-14-8-7-13(15(22)10-14)12-25-17-5-2-1-4-16(17)24-19(25)11-23-20(26)18-6-3-9-27-18/h1-10H,11-12H2,(H,23,26). The molecule has 4 aromatic rings. The number of aromatic nitrogens is 2. The molecule has 2 aromatic carbocycles. The molecule has 0 saturated heterocycles. The van der Waals surface area contributed by atoms with Gasteiger partial charge in [0.25, 0.3) is 5.91 Å². The lowest BCUT2D eigenvalue weighted by atomic mass is 10.2. The molecule has 0 spiro atoms. The number of benzene rings is 2. The van der Waals surface area contributed by atoms with Gasteiger partial charge in [-0.3, -0.25) is 4.79 Å². The number of thiophene rings is 1. The molecule has 0 saturated carbocycles. The highest BCUT2D eigenvalue weighted by molar-refractivity contribution is 7.12. The Hall–Kier alpha value is -2.34. The van der Waals surface area contributed by atoms with Gasteiger partial charge in [-0.1, -0.05) is 47.5 Å². The molecule has 2 heterocycles. The maximum absolute atomic E-state index is 12.3. The monoisotopic (exact) mass is 415 g/mol. The van der Waals surface area contributed by atoms with Crippen molar-refractivity contribution in [2.75, 3.05) is 0 Å². The Labute approximate surface area is 170 Å². The summed E-state index contributed by atoms with van der Waals surface area (Å²) in [5.41, 5.74) is 2.81. The number of halogens is 2.